The van der Waals surface area contributed by atoms with Gasteiger partial charge in [-0.2, -0.15) is 0 Å². The van der Waals surface area contributed by atoms with Gasteiger partial charge in [0.05, 0.1) is 12.9 Å². The van der Waals surface area contributed by atoms with Crippen LogP contribution in [0.1, 0.15) is 24.2 Å². The predicted molar refractivity (Wildman–Crippen MR) is 45.5 cm³/mol. The minimum atomic E-state index is -0.896. The summed E-state index contributed by atoms with van der Waals surface area (Å²) >= 11 is 0. The highest BCUT2D eigenvalue weighted by Gasteiger charge is 2.20. The second-order valence-corrected chi connectivity index (χ2v) is 2.80. The van der Waals surface area contributed by atoms with E-state index in [0.29, 0.717) is 12.4 Å². The first-order valence-electron chi connectivity index (χ1n) is 3.94. The van der Waals surface area contributed by atoms with E-state index in [9.17, 15) is 4.79 Å². The minimum absolute atomic E-state index is 0.378. The van der Waals surface area contributed by atoms with Crippen molar-refractivity contribution >= 4 is 5.97 Å². The zero-order valence-electron chi connectivity index (χ0n) is 7.61. The van der Waals surface area contributed by atoms with Crippen molar-refractivity contribution in [3.63, 3.8) is 0 Å². The summed E-state index contributed by atoms with van der Waals surface area (Å²) in [5.74, 6) is -1.05. The number of carboxylic acids is 1. The monoisotopic (exact) mass is 184 g/mol. The van der Waals surface area contributed by atoms with Gasteiger partial charge in [-0.3, -0.25) is 4.79 Å². The van der Waals surface area contributed by atoms with Gasteiger partial charge in [-0.05, 0) is 13.0 Å². The van der Waals surface area contributed by atoms with Crippen molar-refractivity contribution in [3.8, 4) is 0 Å². The third kappa shape index (κ3) is 2.09. The van der Waals surface area contributed by atoms with Crippen LogP contribution in [0.3, 0.4) is 0 Å². The van der Waals surface area contributed by atoms with Crippen molar-refractivity contribution in [1.82, 2.24) is 0 Å². The van der Waals surface area contributed by atoms with E-state index in [1.165, 1.54) is 6.26 Å². The number of aliphatic carboxylic acids is 1. The van der Waals surface area contributed by atoms with Crippen LogP contribution >= 0.6 is 0 Å². The highest BCUT2D eigenvalue weighted by Crippen LogP contribution is 2.21. The van der Waals surface area contributed by atoms with E-state index < -0.39 is 11.9 Å². The summed E-state index contributed by atoms with van der Waals surface area (Å²) < 4.78 is 9.98. The summed E-state index contributed by atoms with van der Waals surface area (Å²) in [5.41, 5.74) is 0.789. The molecule has 4 heteroatoms. The molecule has 0 aliphatic heterocycles. The smallest absolute Gasteiger partial charge is 0.313 e. The molecule has 0 bridgehead atoms. The van der Waals surface area contributed by atoms with Crippen molar-refractivity contribution in [2.24, 2.45) is 0 Å². The highest BCUT2D eigenvalue weighted by molar-refractivity contribution is 5.75. The lowest BCUT2D eigenvalue weighted by atomic mass is 10.1. The Morgan fingerprint density at radius 2 is 2.46 bits per heavy atom. The second-order valence-electron chi connectivity index (χ2n) is 2.80. The molecule has 72 valence electrons. The molecule has 1 atom stereocenters. The Bertz CT molecular complexity index is 290. The molecule has 1 aromatic rings. The van der Waals surface area contributed by atoms with E-state index in [1.54, 1.807) is 20.1 Å². The van der Waals surface area contributed by atoms with Crippen LogP contribution in [-0.2, 0) is 16.1 Å². The van der Waals surface area contributed by atoms with Crippen LogP contribution in [0.15, 0.2) is 16.7 Å². The Morgan fingerprint density at radius 3 is 3.00 bits per heavy atom. The van der Waals surface area contributed by atoms with Crippen molar-refractivity contribution in [2.75, 3.05) is 7.11 Å². The van der Waals surface area contributed by atoms with E-state index in [0.717, 1.165) is 5.56 Å². The van der Waals surface area contributed by atoms with Crippen LogP contribution < -0.4 is 0 Å². The maximum Gasteiger partial charge on any atom is 0.313 e. The van der Waals surface area contributed by atoms with Crippen LogP contribution in [0.2, 0.25) is 0 Å². The number of hydrogen-bond donors (Lipinski definition) is 1. The Labute approximate surface area is 76.1 Å². The zero-order chi connectivity index (χ0) is 9.84. The van der Waals surface area contributed by atoms with Gasteiger partial charge in [-0.15, -0.1) is 0 Å². The van der Waals surface area contributed by atoms with Crippen LogP contribution in [0, 0.1) is 0 Å². The van der Waals surface area contributed by atoms with Gasteiger partial charge in [-0.25, -0.2) is 0 Å². The molecular weight excluding hydrogens is 172 g/mol. The molecule has 1 heterocycles. The molecule has 0 radical (unpaired) electrons. The minimum Gasteiger partial charge on any atom is -0.481 e. The fourth-order valence-electron chi connectivity index (χ4n) is 1.11. The fraction of sp³-hybridized carbons (Fsp3) is 0.444. The van der Waals surface area contributed by atoms with E-state index in [4.69, 9.17) is 14.3 Å². The van der Waals surface area contributed by atoms with Crippen LogP contribution in [0.4, 0.5) is 0 Å². The van der Waals surface area contributed by atoms with Gasteiger partial charge in [0, 0.05) is 12.7 Å². The average molecular weight is 184 g/mol. The standard InChI is InChI=1S/C9H12O4/c1-6(9(10)11)8-7(5-12-2)3-4-13-8/h3-4,6H,5H2,1-2H3,(H,10,11). The van der Waals surface area contributed by atoms with E-state index >= 15 is 0 Å². The van der Waals surface area contributed by atoms with Gasteiger partial charge in [0.2, 0.25) is 0 Å². The zero-order valence-corrected chi connectivity index (χ0v) is 7.61. The Morgan fingerprint density at radius 1 is 1.77 bits per heavy atom. The number of furan rings is 1. The van der Waals surface area contributed by atoms with Crippen molar-refractivity contribution < 1.29 is 19.1 Å². The molecule has 0 aliphatic rings. The number of rotatable bonds is 4. The molecule has 1 N–H and O–H groups in total. The van der Waals surface area contributed by atoms with Gasteiger partial charge in [0.1, 0.15) is 11.7 Å². The summed E-state index contributed by atoms with van der Waals surface area (Å²) in [7, 11) is 1.56. The Kier molecular flexibility index (Phi) is 3.08. The number of carboxylic acid groups (broad SMARTS) is 1. The normalized spacial score (nSPS) is 12.8. The maximum absolute atomic E-state index is 10.7. The molecule has 4 nitrogen and oxygen atoms in total. The van der Waals surface area contributed by atoms with Crippen molar-refractivity contribution in [1.29, 1.82) is 0 Å². The molecular formula is C9H12O4. The molecule has 1 unspecified atom stereocenters. The number of hydrogen-bond acceptors (Lipinski definition) is 3. The fourth-order valence-corrected chi connectivity index (χ4v) is 1.11. The maximum atomic E-state index is 10.7. The van der Waals surface area contributed by atoms with Gasteiger partial charge >= 0.3 is 5.97 Å². The summed E-state index contributed by atoms with van der Waals surface area (Å²) in [4.78, 5) is 10.7. The SMILES string of the molecule is COCc1ccoc1C(C)C(=O)O. The molecule has 0 spiro atoms. The lowest BCUT2D eigenvalue weighted by molar-refractivity contribution is -0.138. The first-order valence-corrected chi connectivity index (χ1v) is 3.94. The number of carbonyl (C=O) groups is 1. The molecule has 0 fully saturated rings. The van der Waals surface area contributed by atoms with Gasteiger partial charge < -0.3 is 14.3 Å². The summed E-state index contributed by atoms with van der Waals surface area (Å²) in [6, 6.07) is 1.72. The summed E-state index contributed by atoms with van der Waals surface area (Å²) in [5, 5.41) is 8.75. The van der Waals surface area contributed by atoms with Crippen molar-refractivity contribution in [3.05, 3.63) is 23.7 Å². The van der Waals surface area contributed by atoms with Gasteiger partial charge in [0.25, 0.3) is 0 Å². The third-order valence-corrected chi connectivity index (χ3v) is 1.84. The first kappa shape index (κ1) is 9.80. The predicted octanol–water partition coefficient (Wildman–Crippen LogP) is 1.61. The van der Waals surface area contributed by atoms with E-state index in [2.05, 4.69) is 0 Å². The lowest BCUT2D eigenvalue weighted by Gasteiger charge is -2.05. The Hall–Kier alpha value is -1.29. The largest absolute Gasteiger partial charge is 0.481 e. The summed E-state index contributed by atoms with van der Waals surface area (Å²) in [6.07, 6.45) is 1.48. The molecule has 1 rings (SSSR count). The number of ether oxygens (including phenoxy) is 1. The molecule has 0 aromatic carbocycles. The summed E-state index contributed by atoms with van der Waals surface area (Å²) in [6.45, 7) is 1.96. The average Bonchev–Trinajstić information content (AvgIpc) is 2.52. The van der Waals surface area contributed by atoms with Crippen LogP contribution in [0.25, 0.3) is 0 Å². The van der Waals surface area contributed by atoms with Crippen molar-refractivity contribution in [2.45, 2.75) is 19.4 Å². The third-order valence-electron chi connectivity index (χ3n) is 1.84. The first-order chi connectivity index (χ1) is 6.16. The molecule has 13 heavy (non-hydrogen) atoms. The quantitative estimate of drug-likeness (QED) is 0.772. The Balaban J connectivity index is 2.86. The lowest BCUT2D eigenvalue weighted by Crippen LogP contribution is -2.08. The van der Waals surface area contributed by atoms with Gasteiger partial charge in [-0.1, -0.05) is 0 Å². The van der Waals surface area contributed by atoms with Crippen LogP contribution in [-0.4, -0.2) is 18.2 Å². The molecule has 0 saturated carbocycles. The van der Waals surface area contributed by atoms with E-state index in [1.807, 2.05) is 0 Å². The highest BCUT2D eigenvalue weighted by atomic mass is 16.5. The molecule has 0 saturated heterocycles. The molecule has 0 amide bonds. The topological polar surface area (TPSA) is 59.7 Å². The number of methoxy groups -OCH3 is 1. The van der Waals surface area contributed by atoms with E-state index in [-0.39, 0.29) is 0 Å². The van der Waals surface area contributed by atoms with Gasteiger partial charge in [0.15, 0.2) is 0 Å². The second kappa shape index (κ2) is 4.09. The molecule has 0 aliphatic carbocycles. The van der Waals surface area contributed by atoms with Crippen LogP contribution in [0.5, 0.6) is 0 Å². The molecule has 1 aromatic heterocycles.